The zero-order chi connectivity index (χ0) is 14.5. The minimum atomic E-state index is -0.997. The van der Waals surface area contributed by atoms with Crippen molar-refractivity contribution in [1.29, 1.82) is 0 Å². The summed E-state index contributed by atoms with van der Waals surface area (Å²) in [5.41, 5.74) is 0.744. The quantitative estimate of drug-likeness (QED) is 0.875. The lowest BCUT2D eigenvalue weighted by molar-refractivity contribution is 0.0698. The van der Waals surface area contributed by atoms with Crippen LogP contribution < -0.4 is 5.32 Å². The molecular weight excluding hydrogens is 276 g/mol. The number of piperidine rings is 1. The number of benzene rings is 1. The maximum absolute atomic E-state index is 11.3. The Balaban J connectivity index is 2.00. The summed E-state index contributed by atoms with van der Waals surface area (Å²) in [6.45, 7) is 5.15. The molecule has 0 aromatic heterocycles. The number of hydrogen-bond acceptors (Lipinski definition) is 3. The molecule has 2 rings (SSSR count). The van der Waals surface area contributed by atoms with Gasteiger partial charge in [0.05, 0.1) is 10.7 Å². The Morgan fingerprint density at radius 2 is 2.10 bits per heavy atom. The van der Waals surface area contributed by atoms with Crippen molar-refractivity contribution in [3.63, 3.8) is 0 Å². The van der Waals surface area contributed by atoms with E-state index >= 15 is 0 Å². The number of anilines is 1. The monoisotopic (exact) mass is 296 g/mol. The first-order valence-electron chi connectivity index (χ1n) is 7.09. The first kappa shape index (κ1) is 15.1. The van der Waals surface area contributed by atoms with Crippen LogP contribution in [0.3, 0.4) is 0 Å². The summed E-state index contributed by atoms with van der Waals surface area (Å²) in [6.07, 6.45) is 3.82. The number of nitrogens with zero attached hydrogens (tertiary/aromatic N) is 1. The van der Waals surface area contributed by atoms with Crippen molar-refractivity contribution in [2.75, 3.05) is 25.0 Å². The predicted octanol–water partition coefficient (Wildman–Crippen LogP) is 3.32. The molecular formula is C15H21ClN2O2. The van der Waals surface area contributed by atoms with Gasteiger partial charge in [-0.05, 0) is 45.0 Å². The average Bonchev–Trinajstić information content (AvgIpc) is 2.45. The first-order chi connectivity index (χ1) is 9.59. The number of halogens is 1. The van der Waals surface area contributed by atoms with Gasteiger partial charge in [-0.1, -0.05) is 24.1 Å². The van der Waals surface area contributed by atoms with Gasteiger partial charge in [0, 0.05) is 12.6 Å². The molecule has 1 atom stereocenters. The van der Waals surface area contributed by atoms with E-state index in [0.717, 1.165) is 19.6 Å². The fourth-order valence-electron chi connectivity index (χ4n) is 2.63. The number of carboxylic acids is 1. The molecule has 0 bridgehead atoms. The van der Waals surface area contributed by atoms with Crippen molar-refractivity contribution in [3.8, 4) is 0 Å². The maximum Gasteiger partial charge on any atom is 0.339 e. The van der Waals surface area contributed by atoms with E-state index in [0.29, 0.717) is 11.7 Å². The highest BCUT2D eigenvalue weighted by Crippen LogP contribution is 2.24. The summed E-state index contributed by atoms with van der Waals surface area (Å²) in [7, 11) is 0. The van der Waals surface area contributed by atoms with Gasteiger partial charge >= 0.3 is 5.97 Å². The van der Waals surface area contributed by atoms with Crippen LogP contribution in [-0.2, 0) is 0 Å². The number of rotatable bonds is 5. The van der Waals surface area contributed by atoms with Gasteiger partial charge in [-0.25, -0.2) is 4.79 Å². The van der Waals surface area contributed by atoms with Gasteiger partial charge in [0.1, 0.15) is 5.56 Å². The lowest BCUT2D eigenvalue weighted by Crippen LogP contribution is -2.41. The number of nitrogens with one attached hydrogen (secondary N) is 1. The molecule has 110 valence electrons. The zero-order valence-electron chi connectivity index (χ0n) is 11.7. The van der Waals surface area contributed by atoms with E-state index in [1.807, 2.05) is 0 Å². The molecule has 0 saturated carbocycles. The fraction of sp³-hybridized carbons (Fsp3) is 0.533. The van der Waals surface area contributed by atoms with Gasteiger partial charge in [0.15, 0.2) is 0 Å². The molecule has 0 spiro atoms. The number of hydrogen-bond donors (Lipinski definition) is 2. The summed E-state index contributed by atoms with van der Waals surface area (Å²) >= 11 is 5.96. The van der Waals surface area contributed by atoms with Crippen molar-refractivity contribution >= 4 is 23.3 Å². The van der Waals surface area contributed by atoms with Crippen LogP contribution in [0, 0.1) is 0 Å². The minimum absolute atomic E-state index is 0.153. The van der Waals surface area contributed by atoms with E-state index in [4.69, 9.17) is 11.6 Å². The zero-order valence-corrected chi connectivity index (χ0v) is 12.5. The van der Waals surface area contributed by atoms with Gasteiger partial charge in [0.25, 0.3) is 0 Å². The van der Waals surface area contributed by atoms with Crippen molar-refractivity contribution in [2.45, 2.75) is 32.2 Å². The molecule has 0 radical (unpaired) electrons. The summed E-state index contributed by atoms with van der Waals surface area (Å²) in [4.78, 5) is 13.7. The van der Waals surface area contributed by atoms with Gasteiger partial charge in [0.2, 0.25) is 0 Å². The van der Waals surface area contributed by atoms with Gasteiger partial charge in [-0.15, -0.1) is 0 Å². The molecule has 1 aromatic carbocycles. The Labute approximate surface area is 124 Å². The van der Waals surface area contributed by atoms with Crippen LogP contribution in [-0.4, -0.2) is 41.7 Å². The first-order valence-corrected chi connectivity index (χ1v) is 7.47. The van der Waals surface area contributed by atoms with E-state index in [2.05, 4.69) is 17.1 Å². The molecule has 1 unspecified atom stereocenters. The molecule has 4 nitrogen and oxygen atoms in total. The second-order valence-corrected chi connectivity index (χ2v) is 5.70. The number of carboxylic acid groups (broad SMARTS) is 1. The predicted molar refractivity (Wildman–Crippen MR) is 81.8 cm³/mol. The Bertz CT molecular complexity index is 473. The van der Waals surface area contributed by atoms with E-state index in [-0.39, 0.29) is 10.6 Å². The van der Waals surface area contributed by atoms with Crippen molar-refractivity contribution in [1.82, 2.24) is 4.90 Å². The molecule has 1 aliphatic rings. The molecule has 1 aromatic rings. The summed E-state index contributed by atoms with van der Waals surface area (Å²) in [6, 6.07) is 5.52. The molecule has 1 saturated heterocycles. The van der Waals surface area contributed by atoms with Crippen LogP contribution in [0.25, 0.3) is 0 Å². The smallest absolute Gasteiger partial charge is 0.339 e. The number of likely N-dealkylation sites (tertiary alicyclic amines) is 1. The van der Waals surface area contributed by atoms with Crippen LogP contribution in [0.2, 0.25) is 5.02 Å². The highest BCUT2D eigenvalue weighted by Gasteiger charge is 2.18. The third kappa shape index (κ3) is 3.64. The van der Waals surface area contributed by atoms with Crippen LogP contribution in [0.5, 0.6) is 0 Å². The molecule has 2 N–H and O–H groups in total. The fourth-order valence-corrected chi connectivity index (χ4v) is 2.89. The van der Waals surface area contributed by atoms with Crippen LogP contribution in [0.15, 0.2) is 18.2 Å². The second-order valence-electron chi connectivity index (χ2n) is 5.29. The Morgan fingerprint density at radius 1 is 1.40 bits per heavy atom. The third-order valence-electron chi connectivity index (χ3n) is 3.83. The van der Waals surface area contributed by atoms with Crippen LogP contribution in [0.1, 0.15) is 36.5 Å². The van der Waals surface area contributed by atoms with Crippen molar-refractivity contribution < 1.29 is 9.90 Å². The van der Waals surface area contributed by atoms with E-state index in [1.54, 1.807) is 18.2 Å². The number of carbonyl (C=O) groups is 1. The second kappa shape index (κ2) is 6.95. The van der Waals surface area contributed by atoms with Gasteiger partial charge in [-0.3, -0.25) is 4.90 Å². The molecule has 1 heterocycles. The number of aromatic carboxylic acids is 1. The SMILES string of the molecule is CC(CNc1cccc(Cl)c1C(=O)O)N1CCCCC1. The standard InChI is InChI=1S/C15H21ClN2O2/c1-11(18-8-3-2-4-9-18)10-17-13-7-5-6-12(16)14(13)15(19)20/h5-7,11,17H,2-4,8-10H2,1H3,(H,19,20). The Kier molecular flexibility index (Phi) is 5.26. The minimum Gasteiger partial charge on any atom is -0.478 e. The molecule has 20 heavy (non-hydrogen) atoms. The topological polar surface area (TPSA) is 52.6 Å². The molecule has 0 amide bonds. The van der Waals surface area contributed by atoms with E-state index in [1.165, 1.54) is 19.3 Å². The lowest BCUT2D eigenvalue weighted by Gasteiger charge is -2.32. The highest BCUT2D eigenvalue weighted by molar-refractivity contribution is 6.34. The largest absolute Gasteiger partial charge is 0.478 e. The van der Waals surface area contributed by atoms with Crippen molar-refractivity contribution in [2.24, 2.45) is 0 Å². The summed E-state index contributed by atoms with van der Waals surface area (Å²) < 4.78 is 0. The lowest BCUT2D eigenvalue weighted by atomic mass is 10.1. The summed E-state index contributed by atoms with van der Waals surface area (Å²) in [5, 5.41) is 12.7. The Hall–Kier alpha value is -1.26. The molecule has 1 aliphatic heterocycles. The van der Waals surface area contributed by atoms with Crippen LogP contribution >= 0.6 is 11.6 Å². The Morgan fingerprint density at radius 3 is 2.75 bits per heavy atom. The summed E-state index contributed by atoms with van der Waals surface area (Å²) in [5.74, 6) is -0.997. The highest BCUT2D eigenvalue weighted by atomic mass is 35.5. The van der Waals surface area contributed by atoms with Crippen LogP contribution in [0.4, 0.5) is 5.69 Å². The maximum atomic E-state index is 11.3. The van der Waals surface area contributed by atoms with E-state index < -0.39 is 5.97 Å². The van der Waals surface area contributed by atoms with Gasteiger partial charge in [-0.2, -0.15) is 0 Å². The molecule has 0 aliphatic carbocycles. The molecule has 5 heteroatoms. The normalized spacial score (nSPS) is 17.7. The van der Waals surface area contributed by atoms with Crippen molar-refractivity contribution in [3.05, 3.63) is 28.8 Å². The third-order valence-corrected chi connectivity index (χ3v) is 4.14. The van der Waals surface area contributed by atoms with E-state index in [9.17, 15) is 9.90 Å². The van der Waals surface area contributed by atoms with Gasteiger partial charge < -0.3 is 10.4 Å². The molecule has 1 fully saturated rings. The average molecular weight is 297 g/mol.